The number of hydrogen-bond acceptors (Lipinski definition) is 4. The minimum absolute atomic E-state index is 0.262. The predicted molar refractivity (Wildman–Crippen MR) is 65.5 cm³/mol. The average molecular weight is 226 g/mol. The maximum absolute atomic E-state index is 9.41. The Bertz CT molecular complexity index is 322. The molecular formula is C11H22N4O. The zero-order valence-corrected chi connectivity index (χ0v) is 10.6. The van der Waals surface area contributed by atoms with Crippen molar-refractivity contribution < 1.29 is 5.11 Å². The molecule has 0 bridgehead atoms. The average Bonchev–Trinajstić information content (AvgIpc) is 2.60. The third-order valence-electron chi connectivity index (χ3n) is 2.62. The van der Waals surface area contributed by atoms with Gasteiger partial charge in [-0.2, -0.15) is 0 Å². The van der Waals surface area contributed by atoms with E-state index in [0.717, 1.165) is 24.6 Å². The third-order valence-corrected chi connectivity index (χ3v) is 2.62. The molecule has 92 valence electrons. The van der Waals surface area contributed by atoms with Crippen LogP contribution in [-0.2, 0) is 13.6 Å². The number of aromatic nitrogens is 2. The lowest BCUT2D eigenvalue weighted by Gasteiger charge is -2.13. The van der Waals surface area contributed by atoms with Gasteiger partial charge in [0.15, 0.2) is 0 Å². The smallest absolute Gasteiger partial charge is 0.204 e. The molecule has 1 aromatic rings. The summed E-state index contributed by atoms with van der Waals surface area (Å²) in [6, 6.07) is 0. The summed E-state index contributed by atoms with van der Waals surface area (Å²) in [5.41, 5.74) is 1.12. The summed E-state index contributed by atoms with van der Waals surface area (Å²) in [6.45, 7) is 3.33. The van der Waals surface area contributed by atoms with Crippen molar-refractivity contribution in [1.82, 2.24) is 14.9 Å². The molecule has 0 aliphatic heterocycles. The van der Waals surface area contributed by atoms with Gasteiger partial charge in [0.25, 0.3) is 0 Å². The van der Waals surface area contributed by atoms with Gasteiger partial charge in [-0.05, 0) is 6.42 Å². The Morgan fingerprint density at radius 1 is 1.56 bits per heavy atom. The second-order valence-electron chi connectivity index (χ2n) is 4.20. The fraction of sp³-hybridized carbons (Fsp3) is 0.727. The van der Waals surface area contributed by atoms with E-state index in [1.807, 2.05) is 43.7 Å². The van der Waals surface area contributed by atoms with E-state index in [0.29, 0.717) is 6.54 Å². The lowest BCUT2D eigenvalue weighted by atomic mass is 10.3. The highest BCUT2D eigenvalue weighted by Crippen LogP contribution is 2.10. The van der Waals surface area contributed by atoms with Crippen LogP contribution in [0.1, 0.15) is 19.0 Å². The van der Waals surface area contributed by atoms with Crippen molar-refractivity contribution in [2.75, 3.05) is 25.5 Å². The molecule has 5 nitrogen and oxygen atoms in total. The molecule has 0 amide bonds. The molecule has 0 saturated carbocycles. The summed E-state index contributed by atoms with van der Waals surface area (Å²) in [5, 5.41) is 12.6. The second kappa shape index (κ2) is 5.86. The number of aliphatic hydroxyl groups is 1. The Kier molecular flexibility index (Phi) is 4.76. The monoisotopic (exact) mass is 226 g/mol. The van der Waals surface area contributed by atoms with Crippen LogP contribution >= 0.6 is 0 Å². The summed E-state index contributed by atoms with van der Waals surface area (Å²) in [4.78, 5) is 6.30. The lowest BCUT2D eigenvalue weighted by molar-refractivity contribution is 0.167. The number of nitrogens with one attached hydrogen (secondary N) is 1. The molecule has 2 N–H and O–H groups in total. The lowest BCUT2D eigenvalue weighted by Crippen LogP contribution is -2.26. The summed E-state index contributed by atoms with van der Waals surface area (Å²) in [6.07, 6.45) is 2.38. The Hall–Kier alpha value is -1.07. The summed E-state index contributed by atoms with van der Waals surface area (Å²) < 4.78 is 2.05. The van der Waals surface area contributed by atoms with Gasteiger partial charge in [0, 0.05) is 34.2 Å². The van der Waals surface area contributed by atoms with Crippen LogP contribution in [-0.4, -0.2) is 41.4 Å². The zero-order chi connectivity index (χ0) is 12.1. The molecule has 0 radical (unpaired) electrons. The molecule has 0 spiro atoms. The first-order valence-electron chi connectivity index (χ1n) is 5.63. The van der Waals surface area contributed by atoms with Gasteiger partial charge in [-0.15, -0.1) is 0 Å². The normalized spacial score (nSPS) is 12.8. The number of imidazole rings is 1. The molecule has 0 fully saturated rings. The highest BCUT2D eigenvalue weighted by Gasteiger charge is 2.07. The van der Waals surface area contributed by atoms with Crippen molar-refractivity contribution in [2.24, 2.45) is 7.05 Å². The van der Waals surface area contributed by atoms with E-state index in [4.69, 9.17) is 0 Å². The van der Waals surface area contributed by atoms with Crippen LogP contribution in [0.3, 0.4) is 0 Å². The Labute approximate surface area is 97.1 Å². The van der Waals surface area contributed by atoms with Gasteiger partial charge in [0.1, 0.15) is 0 Å². The van der Waals surface area contributed by atoms with E-state index in [2.05, 4.69) is 10.3 Å². The number of hydrogen-bond donors (Lipinski definition) is 2. The molecule has 0 saturated heterocycles. The topological polar surface area (TPSA) is 53.3 Å². The predicted octanol–water partition coefficient (Wildman–Crippen LogP) is 0.347. The van der Waals surface area contributed by atoms with Crippen molar-refractivity contribution in [1.29, 1.82) is 0 Å². The van der Waals surface area contributed by atoms with Crippen LogP contribution in [0.2, 0.25) is 0 Å². The molecule has 16 heavy (non-hydrogen) atoms. The first kappa shape index (κ1) is 13.0. The van der Waals surface area contributed by atoms with E-state index in [1.165, 1.54) is 0 Å². The molecule has 1 atom stereocenters. The van der Waals surface area contributed by atoms with Gasteiger partial charge >= 0.3 is 0 Å². The third kappa shape index (κ3) is 3.21. The van der Waals surface area contributed by atoms with Gasteiger partial charge in [-0.25, -0.2) is 4.98 Å². The minimum Gasteiger partial charge on any atom is -0.392 e. The highest BCUT2D eigenvalue weighted by molar-refractivity contribution is 5.30. The largest absolute Gasteiger partial charge is 0.392 e. The van der Waals surface area contributed by atoms with Crippen molar-refractivity contribution >= 4 is 5.95 Å². The van der Waals surface area contributed by atoms with Crippen molar-refractivity contribution in [3.05, 3.63) is 11.9 Å². The van der Waals surface area contributed by atoms with Crippen LogP contribution in [0.25, 0.3) is 0 Å². The molecule has 5 heteroatoms. The molecule has 1 rings (SSSR count). The van der Waals surface area contributed by atoms with Crippen molar-refractivity contribution in [3.63, 3.8) is 0 Å². The fourth-order valence-electron chi connectivity index (χ4n) is 1.52. The second-order valence-corrected chi connectivity index (χ2v) is 4.20. The maximum Gasteiger partial charge on any atom is 0.204 e. The molecular weight excluding hydrogens is 204 g/mol. The first-order chi connectivity index (χ1) is 7.56. The van der Waals surface area contributed by atoms with E-state index in [1.54, 1.807) is 0 Å². The highest BCUT2D eigenvalue weighted by atomic mass is 16.3. The summed E-state index contributed by atoms with van der Waals surface area (Å²) in [5.74, 6) is 0.938. The molecule has 1 aromatic heterocycles. The van der Waals surface area contributed by atoms with Crippen LogP contribution < -0.4 is 10.2 Å². The molecule has 1 unspecified atom stereocenters. The first-order valence-corrected chi connectivity index (χ1v) is 5.63. The fourth-order valence-corrected chi connectivity index (χ4v) is 1.52. The van der Waals surface area contributed by atoms with Crippen LogP contribution in [0, 0.1) is 0 Å². The quantitative estimate of drug-likeness (QED) is 0.735. The van der Waals surface area contributed by atoms with E-state index in [9.17, 15) is 5.11 Å². The van der Waals surface area contributed by atoms with Crippen LogP contribution in [0.15, 0.2) is 6.20 Å². The Morgan fingerprint density at radius 2 is 2.25 bits per heavy atom. The number of aliphatic hydroxyl groups excluding tert-OH is 1. The van der Waals surface area contributed by atoms with Crippen molar-refractivity contribution in [2.45, 2.75) is 26.0 Å². The van der Waals surface area contributed by atoms with E-state index >= 15 is 0 Å². The van der Waals surface area contributed by atoms with Gasteiger partial charge in [0.05, 0.1) is 18.0 Å². The zero-order valence-electron chi connectivity index (χ0n) is 10.6. The summed E-state index contributed by atoms with van der Waals surface area (Å²) >= 11 is 0. The Balaban J connectivity index is 2.49. The maximum atomic E-state index is 9.41. The number of rotatable bonds is 6. The van der Waals surface area contributed by atoms with E-state index < -0.39 is 0 Å². The van der Waals surface area contributed by atoms with Crippen molar-refractivity contribution in [3.8, 4) is 0 Å². The Morgan fingerprint density at radius 3 is 2.75 bits per heavy atom. The number of nitrogens with zero attached hydrogens (tertiary/aromatic N) is 3. The van der Waals surface area contributed by atoms with Gasteiger partial charge < -0.3 is 19.9 Å². The summed E-state index contributed by atoms with van der Waals surface area (Å²) in [7, 11) is 5.94. The van der Waals surface area contributed by atoms with Crippen LogP contribution in [0.4, 0.5) is 5.95 Å². The van der Waals surface area contributed by atoms with Crippen LogP contribution in [0.5, 0.6) is 0 Å². The van der Waals surface area contributed by atoms with Gasteiger partial charge in [-0.3, -0.25) is 0 Å². The van der Waals surface area contributed by atoms with Gasteiger partial charge in [0.2, 0.25) is 5.95 Å². The molecule has 1 heterocycles. The van der Waals surface area contributed by atoms with E-state index in [-0.39, 0.29) is 6.10 Å². The minimum atomic E-state index is -0.262. The van der Waals surface area contributed by atoms with Gasteiger partial charge in [-0.1, -0.05) is 6.92 Å². The molecule has 0 aromatic carbocycles. The molecule has 0 aliphatic carbocycles. The molecule has 0 aliphatic rings. The SMILES string of the molecule is CCC(O)CNCc1cnc(N(C)C)n1C. The standard InChI is InChI=1S/C11H22N4O/c1-5-10(16)8-12-6-9-7-13-11(14(2)3)15(9)4/h7,10,12,16H,5-6,8H2,1-4H3. The number of anilines is 1.